The van der Waals surface area contributed by atoms with E-state index in [0.29, 0.717) is 10.4 Å². The van der Waals surface area contributed by atoms with Crippen molar-refractivity contribution in [1.29, 1.82) is 0 Å². The lowest BCUT2D eigenvalue weighted by molar-refractivity contribution is -0.133. The zero-order valence-corrected chi connectivity index (χ0v) is 13.1. The van der Waals surface area contributed by atoms with Gasteiger partial charge in [-0.25, -0.2) is 0 Å². The average Bonchev–Trinajstić information content (AvgIpc) is 2.79. The first kappa shape index (κ1) is 16.2. The normalized spacial score (nSPS) is 11.2. The first-order chi connectivity index (χ1) is 8.99. The summed E-state index contributed by atoms with van der Waals surface area (Å²) in [7, 11) is 2.11. The smallest absolute Gasteiger partial charge is 0.313 e. The molecule has 0 atom stereocenters. The van der Waals surface area contributed by atoms with Crippen molar-refractivity contribution in [3.63, 3.8) is 0 Å². The maximum absolute atomic E-state index is 10.4. The Morgan fingerprint density at radius 1 is 1.53 bits per heavy atom. The van der Waals surface area contributed by atoms with E-state index in [-0.39, 0.29) is 5.75 Å². The van der Waals surface area contributed by atoms with Gasteiger partial charge in [0.25, 0.3) is 0 Å². The Morgan fingerprint density at radius 3 is 2.89 bits per heavy atom. The van der Waals surface area contributed by atoms with Crippen LogP contribution in [0.1, 0.15) is 20.3 Å². The highest BCUT2D eigenvalue weighted by atomic mass is 32.2. The molecule has 0 saturated carbocycles. The molecule has 1 heterocycles. The molecule has 6 nitrogen and oxygen atoms in total. The monoisotopic (exact) mass is 304 g/mol. The number of carboxylic acids is 1. The number of nitrogens with zero attached hydrogens (tertiary/aromatic N) is 3. The van der Waals surface area contributed by atoms with Crippen LogP contribution in [0.5, 0.6) is 0 Å². The molecule has 0 aliphatic rings. The number of carboxylic acid groups (broad SMARTS) is 1. The molecule has 0 aliphatic carbocycles. The van der Waals surface area contributed by atoms with Crippen molar-refractivity contribution in [3.05, 3.63) is 0 Å². The van der Waals surface area contributed by atoms with E-state index in [1.54, 1.807) is 0 Å². The number of aromatic nitrogens is 2. The molecule has 0 aromatic carbocycles. The van der Waals surface area contributed by atoms with Crippen LogP contribution in [-0.4, -0.2) is 58.1 Å². The second-order valence-electron chi connectivity index (χ2n) is 4.41. The maximum Gasteiger partial charge on any atom is 0.313 e. The van der Waals surface area contributed by atoms with E-state index in [1.165, 1.54) is 23.1 Å². The third-order valence-corrected chi connectivity index (χ3v) is 4.57. The molecule has 2 N–H and O–H groups in total. The van der Waals surface area contributed by atoms with Gasteiger partial charge in [-0.05, 0) is 33.9 Å². The minimum Gasteiger partial charge on any atom is -0.481 e. The predicted octanol–water partition coefficient (Wildman–Crippen LogP) is 1.86. The van der Waals surface area contributed by atoms with Gasteiger partial charge in [0, 0.05) is 12.6 Å². The highest BCUT2D eigenvalue weighted by Crippen LogP contribution is 2.25. The zero-order chi connectivity index (χ0) is 14.3. The molecular formula is C11H20N4O2S2. The number of aliphatic carboxylic acids is 1. The van der Waals surface area contributed by atoms with Gasteiger partial charge in [-0.15, -0.1) is 10.2 Å². The van der Waals surface area contributed by atoms with Gasteiger partial charge in [-0.2, -0.15) is 0 Å². The number of hydrogen-bond acceptors (Lipinski definition) is 7. The summed E-state index contributed by atoms with van der Waals surface area (Å²) in [5.74, 6) is -0.820. The Balaban J connectivity index is 2.21. The summed E-state index contributed by atoms with van der Waals surface area (Å²) in [5.41, 5.74) is 0. The van der Waals surface area contributed by atoms with E-state index in [1.807, 2.05) is 0 Å². The summed E-state index contributed by atoms with van der Waals surface area (Å²) in [6.45, 7) is 6.22. The van der Waals surface area contributed by atoms with Crippen molar-refractivity contribution in [1.82, 2.24) is 15.1 Å². The molecule has 0 aliphatic heterocycles. The van der Waals surface area contributed by atoms with Crippen LogP contribution in [0.15, 0.2) is 4.34 Å². The van der Waals surface area contributed by atoms with E-state index < -0.39 is 5.97 Å². The van der Waals surface area contributed by atoms with Crippen molar-refractivity contribution < 1.29 is 9.90 Å². The van der Waals surface area contributed by atoms with E-state index in [4.69, 9.17) is 5.11 Å². The van der Waals surface area contributed by atoms with Crippen LogP contribution in [0.3, 0.4) is 0 Å². The Hall–Kier alpha value is -0.860. The van der Waals surface area contributed by atoms with Crippen LogP contribution in [0.4, 0.5) is 5.13 Å². The number of thioether (sulfide) groups is 1. The molecule has 0 unspecified atom stereocenters. The fraction of sp³-hybridized carbons (Fsp3) is 0.727. The molecule has 1 aromatic rings. The fourth-order valence-electron chi connectivity index (χ4n) is 1.24. The number of nitrogens with one attached hydrogen (secondary N) is 1. The molecule has 0 bridgehead atoms. The van der Waals surface area contributed by atoms with E-state index in [9.17, 15) is 4.79 Å². The summed E-state index contributed by atoms with van der Waals surface area (Å²) in [6, 6.07) is 0.556. The maximum atomic E-state index is 10.4. The highest BCUT2D eigenvalue weighted by Gasteiger charge is 2.07. The molecule has 0 amide bonds. The van der Waals surface area contributed by atoms with Crippen LogP contribution < -0.4 is 5.32 Å². The van der Waals surface area contributed by atoms with Crippen molar-refractivity contribution in [2.24, 2.45) is 0 Å². The van der Waals surface area contributed by atoms with Gasteiger partial charge in [0.2, 0.25) is 5.13 Å². The van der Waals surface area contributed by atoms with Crippen LogP contribution in [-0.2, 0) is 4.79 Å². The highest BCUT2D eigenvalue weighted by molar-refractivity contribution is 8.01. The van der Waals surface area contributed by atoms with Gasteiger partial charge in [0.15, 0.2) is 4.34 Å². The van der Waals surface area contributed by atoms with Crippen LogP contribution in [0, 0.1) is 0 Å². The lowest BCUT2D eigenvalue weighted by atomic mass is 10.3. The van der Waals surface area contributed by atoms with Crippen LogP contribution >= 0.6 is 23.1 Å². The molecule has 0 radical (unpaired) electrons. The molecule has 1 aromatic heterocycles. The summed E-state index contributed by atoms with van der Waals surface area (Å²) in [5, 5.41) is 20.4. The molecule has 8 heteroatoms. The quantitative estimate of drug-likeness (QED) is 0.532. The van der Waals surface area contributed by atoms with Gasteiger partial charge in [-0.3, -0.25) is 4.79 Å². The summed E-state index contributed by atoms with van der Waals surface area (Å²) >= 11 is 2.59. The summed E-state index contributed by atoms with van der Waals surface area (Å²) in [6.07, 6.45) is 1.03. The zero-order valence-electron chi connectivity index (χ0n) is 11.4. The van der Waals surface area contributed by atoms with Crippen molar-refractivity contribution in [3.8, 4) is 0 Å². The third-order valence-electron chi connectivity index (χ3n) is 2.57. The van der Waals surface area contributed by atoms with Gasteiger partial charge < -0.3 is 15.3 Å². The number of rotatable bonds is 9. The molecule has 108 valence electrons. The summed E-state index contributed by atoms with van der Waals surface area (Å²) in [4.78, 5) is 12.7. The first-order valence-corrected chi connectivity index (χ1v) is 7.91. The topological polar surface area (TPSA) is 78.3 Å². The van der Waals surface area contributed by atoms with Gasteiger partial charge in [0.05, 0.1) is 5.75 Å². The van der Waals surface area contributed by atoms with Crippen molar-refractivity contribution >= 4 is 34.2 Å². The second-order valence-corrected chi connectivity index (χ2v) is 6.61. The van der Waals surface area contributed by atoms with E-state index in [0.717, 1.165) is 24.6 Å². The molecule has 0 fully saturated rings. The Labute approximate surface area is 121 Å². The number of anilines is 1. The molecule has 1 rings (SSSR count). The lowest BCUT2D eigenvalue weighted by Crippen LogP contribution is -2.28. The van der Waals surface area contributed by atoms with Crippen molar-refractivity contribution in [2.45, 2.75) is 30.6 Å². The van der Waals surface area contributed by atoms with Gasteiger partial charge >= 0.3 is 5.97 Å². The van der Waals surface area contributed by atoms with Crippen LogP contribution in [0.25, 0.3) is 0 Å². The average molecular weight is 304 g/mol. The largest absolute Gasteiger partial charge is 0.481 e. The standard InChI is InChI=1S/C11H20N4O2S2/c1-8(2)15(3)6-4-5-12-10-13-14-11(19-10)18-7-9(16)17/h8H,4-7H2,1-3H3,(H,12,13)(H,16,17). The fourth-order valence-corrected chi connectivity index (χ4v) is 2.74. The minimum atomic E-state index is -0.841. The van der Waals surface area contributed by atoms with Gasteiger partial charge in [0.1, 0.15) is 0 Å². The van der Waals surface area contributed by atoms with Gasteiger partial charge in [-0.1, -0.05) is 23.1 Å². The SMILES string of the molecule is CC(C)N(C)CCCNc1nnc(SCC(=O)O)s1. The molecular weight excluding hydrogens is 284 g/mol. The number of hydrogen-bond donors (Lipinski definition) is 2. The number of carbonyl (C=O) groups is 1. The molecule has 0 spiro atoms. The third kappa shape index (κ3) is 6.74. The van der Waals surface area contributed by atoms with E-state index in [2.05, 4.69) is 41.3 Å². The first-order valence-electron chi connectivity index (χ1n) is 6.11. The van der Waals surface area contributed by atoms with Crippen LogP contribution in [0.2, 0.25) is 0 Å². The Kier molecular flexibility index (Phi) is 7.11. The lowest BCUT2D eigenvalue weighted by Gasteiger charge is -2.20. The Morgan fingerprint density at radius 2 is 2.26 bits per heavy atom. The second kappa shape index (κ2) is 8.34. The van der Waals surface area contributed by atoms with E-state index >= 15 is 0 Å². The Bertz CT molecular complexity index is 398. The molecule has 19 heavy (non-hydrogen) atoms. The summed E-state index contributed by atoms with van der Waals surface area (Å²) < 4.78 is 0.684. The minimum absolute atomic E-state index is 0.0216. The molecule has 0 saturated heterocycles. The predicted molar refractivity (Wildman–Crippen MR) is 79.1 cm³/mol. The van der Waals surface area contributed by atoms with Crippen molar-refractivity contribution in [2.75, 3.05) is 31.2 Å².